The summed E-state index contributed by atoms with van der Waals surface area (Å²) in [4.78, 5) is 0. The normalized spacial score (nSPS) is 30.6. The van der Waals surface area contributed by atoms with Crippen LogP contribution in [0.4, 0.5) is 0 Å². The minimum absolute atomic E-state index is 0.459. The lowest BCUT2D eigenvalue weighted by molar-refractivity contribution is 0.738. The maximum atomic E-state index is 2.46. The van der Waals surface area contributed by atoms with Gasteiger partial charge in [0.25, 0.3) is 0 Å². The second-order valence-electron chi connectivity index (χ2n) is 7.79. The molecular weight excluding hydrogens is 316 g/mol. The Morgan fingerprint density at radius 3 is 0.650 bits per heavy atom. The summed E-state index contributed by atoms with van der Waals surface area (Å²) in [6, 6.07) is 0. The van der Waals surface area contributed by atoms with E-state index in [2.05, 4.69) is 55.4 Å². The number of hydrogen-bond acceptors (Lipinski definition) is 0. The van der Waals surface area contributed by atoms with Gasteiger partial charge in [0.15, 0.2) is 0 Å². The van der Waals surface area contributed by atoms with E-state index in [9.17, 15) is 0 Å². The Morgan fingerprint density at radius 1 is 0.400 bits per heavy atom. The predicted octanol–water partition coefficient (Wildman–Crippen LogP) is 8.21. The zero-order valence-corrected chi connectivity index (χ0v) is 18.5. The molecule has 20 heavy (non-hydrogen) atoms. The SMILES string of the molecule is CC(C)CP1P(CC(C)C)P(CC(C)C)P1CC(C)C. The average molecular weight is 352 g/mol. The third-order valence-electron chi connectivity index (χ3n) is 3.18. The van der Waals surface area contributed by atoms with Gasteiger partial charge in [-0.25, -0.2) is 0 Å². The highest BCUT2D eigenvalue weighted by Gasteiger charge is 2.48. The molecule has 0 aromatic heterocycles. The summed E-state index contributed by atoms with van der Waals surface area (Å²) in [5.41, 5.74) is 0. The molecule has 1 rings (SSSR count). The molecular formula is C16H36P4. The standard InChI is InChI=1S/C16H36P4/c1-13(2)9-17-18(10-14(3)4)20(12-16(7)8)19(17)11-15(5)6/h13-16H,9-12H2,1-8H3. The van der Waals surface area contributed by atoms with Crippen molar-refractivity contribution < 1.29 is 0 Å². The first-order valence-electron chi connectivity index (χ1n) is 8.32. The van der Waals surface area contributed by atoms with Gasteiger partial charge in [0.05, 0.1) is 0 Å². The molecule has 0 N–H and O–H groups in total. The highest BCUT2D eigenvalue weighted by Crippen LogP contribution is 3.20. The molecule has 1 heterocycles. The van der Waals surface area contributed by atoms with Crippen molar-refractivity contribution in [3.05, 3.63) is 0 Å². The average Bonchev–Trinajstić information content (AvgIpc) is 2.28. The van der Waals surface area contributed by atoms with Crippen LogP contribution in [-0.2, 0) is 0 Å². The predicted molar refractivity (Wildman–Crippen MR) is 107 cm³/mol. The highest BCUT2D eigenvalue weighted by atomic mass is 33.0. The molecule has 0 radical (unpaired) electrons. The molecule has 0 nitrogen and oxygen atoms in total. The van der Waals surface area contributed by atoms with Gasteiger partial charge in [0.1, 0.15) is 0 Å². The molecule has 0 aromatic rings. The van der Waals surface area contributed by atoms with Crippen LogP contribution in [0.2, 0.25) is 0 Å². The fourth-order valence-electron chi connectivity index (χ4n) is 2.51. The van der Waals surface area contributed by atoms with Crippen LogP contribution in [0.1, 0.15) is 55.4 Å². The lowest BCUT2D eigenvalue weighted by Crippen LogP contribution is -2.09. The molecule has 0 saturated carbocycles. The minimum Gasteiger partial charge on any atom is -0.0624 e. The highest BCUT2D eigenvalue weighted by molar-refractivity contribution is 9.08. The number of rotatable bonds is 8. The fourth-order valence-corrected chi connectivity index (χ4v) is 50.2. The van der Waals surface area contributed by atoms with Crippen LogP contribution in [-0.4, -0.2) is 24.6 Å². The van der Waals surface area contributed by atoms with Gasteiger partial charge in [-0.3, -0.25) is 0 Å². The molecule has 0 atom stereocenters. The molecule has 0 unspecified atom stereocenters. The third kappa shape index (κ3) is 6.08. The number of hydrogen-bond donors (Lipinski definition) is 0. The van der Waals surface area contributed by atoms with Gasteiger partial charge in [-0.15, -0.1) is 0 Å². The van der Waals surface area contributed by atoms with Crippen molar-refractivity contribution in [1.82, 2.24) is 0 Å². The van der Waals surface area contributed by atoms with Gasteiger partial charge in [-0.05, 0) is 77.5 Å². The molecule has 0 aliphatic carbocycles. The van der Waals surface area contributed by atoms with E-state index in [0.29, 0.717) is 29.2 Å². The Kier molecular flexibility index (Phi) is 9.02. The largest absolute Gasteiger partial charge is 0.0624 e. The van der Waals surface area contributed by atoms with Gasteiger partial charge in [0.2, 0.25) is 0 Å². The summed E-state index contributed by atoms with van der Waals surface area (Å²) in [7, 11) is 1.84. The Bertz CT molecular complexity index is 212. The van der Waals surface area contributed by atoms with Crippen LogP contribution in [0, 0.1) is 23.7 Å². The lowest BCUT2D eigenvalue weighted by Gasteiger charge is -2.56. The van der Waals surface area contributed by atoms with Crippen molar-refractivity contribution in [3.63, 3.8) is 0 Å². The van der Waals surface area contributed by atoms with Gasteiger partial charge >= 0.3 is 0 Å². The molecule has 0 amide bonds. The minimum atomic E-state index is 0.459. The van der Waals surface area contributed by atoms with Crippen LogP contribution in [0.5, 0.6) is 0 Å². The van der Waals surface area contributed by atoms with E-state index in [-0.39, 0.29) is 0 Å². The van der Waals surface area contributed by atoms with Gasteiger partial charge in [-0.2, -0.15) is 0 Å². The van der Waals surface area contributed by atoms with Crippen LogP contribution >= 0.6 is 29.2 Å². The van der Waals surface area contributed by atoms with Crippen molar-refractivity contribution in [3.8, 4) is 0 Å². The Balaban J connectivity index is 2.78. The molecule has 0 aromatic carbocycles. The zero-order valence-electron chi connectivity index (χ0n) is 14.9. The Morgan fingerprint density at radius 2 is 0.550 bits per heavy atom. The van der Waals surface area contributed by atoms with Crippen LogP contribution in [0.3, 0.4) is 0 Å². The quantitative estimate of drug-likeness (QED) is 0.386. The molecule has 1 aliphatic heterocycles. The topological polar surface area (TPSA) is 0 Å². The summed E-state index contributed by atoms with van der Waals surface area (Å²) in [6.45, 7) is 19.6. The van der Waals surface area contributed by atoms with Crippen molar-refractivity contribution in [2.24, 2.45) is 23.7 Å². The van der Waals surface area contributed by atoms with Gasteiger partial charge in [-0.1, -0.05) is 55.4 Å². The lowest BCUT2D eigenvalue weighted by atomic mass is 10.3. The molecule has 1 aliphatic rings. The molecule has 0 bridgehead atoms. The molecule has 1 saturated heterocycles. The monoisotopic (exact) mass is 352 g/mol. The van der Waals surface area contributed by atoms with E-state index in [1.807, 2.05) is 0 Å². The van der Waals surface area contributed by atoms with Crippen molar-refractivity contribution >= 4 is 29.2 Å². The van der Waals surface area contributed by atoms with E-state index in [1.54, 1.807) is 24.6 Å². The summed E-state index contributed by atoms with van der Waals surface area (Å²) < 4.78 is 0. The van der Waals surface area contributed by atoms with Crippen LogP contribution < -0.4 is 0 Å². The maximum absolute atomic E-state index is 2.46. The summed E-state index contributed by atoms with van der Waals surface area (Å²) in [5.74, 6) is 3.75. The van der Waals surface area contributed by atoms with Crippen LogP contribution in [0.15, 0.2) is 0 Å². The zero-order chi connectivity index (χ0) is 15.4. The summed E-state index contributed by atoms with van der Waals surface area (Å²) in [5, 5.41) is 0. The first-order valence-corrected chi connectivity index (χ1v) is 17.2. The summed E-state index contributed by atoms with van der Waals surface area (Å²) in [6.07, 6.45) is 6.40. The second-order valence-corrected chi connectivity index (χ2v) is 27.6. The first-order chi connectivity index (χ1) is 9.22. The van der Waals surface area contributed by atoms with Gasteiger partial charge < -0.3 is 0 Å². The third-order valence-corrected chi connectivity index (χ3v) is 40.5. The van der Waals surface area contributed by atoms with E-state index >= 15 is 0 Å². The van der Waals surface area contributed by atoms with E-state index in [1.165, 1.54) is 0 Å². The Hall–Kier alpha value is 1.72. The van der Waals surface area contributed by atoms with E-state index in [0.717, 1.165) is 23.7 Å². The smallest absolute Gasteiger partial charge is 0.0219 e. The van der Waals surface area contributed by atoms with Crippen LogP contribution in [0.25, 0.3) is 0 Å². The van der Waals surface area contributed by atoms with Gasteiger partial charge in [0, 0.05) is 0 Å². The Labute approximate surface area is 133 Å². The van der Waals surface area contributed by atoms with E-state index in [4.69, 9.17) is 0 Å². The van der Waals surface area contributed by atoms with E-state index < -0.39 is 0 Å². The van der Waals surface area contributed by atoms with Crippen molar-refractivity contribution in [1.29, 1.82) is 0 Å². The second kappa shape index (κ2) is 9.12. The van der Waals surface area contributed by atoms with Crippen molar-refractivity contribution in [2.75, 3.05) is 24.6 Å². The summed E-state index contributed by atoms with van der Waals surface area (Å²) >= 11 is 0. The molecule has 4 heteroatoms. The fraction of sp³-hybridized carbons (Fsp3) is 1.00. The van der Waals surface area contributed by atoms with Crippen molar-refractivity contribution in [2.45, 2.75) is 55.4 Å². The first kappa shape index (κ1) is 19.8. The molecule has 1 fully saturated rings. The molecule has 0 spiro atoms. The molecule has 120 valence electrons. The maximum Gasteiger partial charge on any atom is -0.0219 e.